The Hall–Kier alpha value is -2.94. The second-order valence-corrected chi connectivity index (χ2v) is 16.9. The van der Waals surface area contributed by atoms with Crippen LogP contribution in [-0.4, -0.2) is 49.1 Å². The summed E-state index contributed by atoms with van der Waals surface area (Å²) in [6, 6.07) is 53.4. The fourth-order valence-electron chi connectivity index (χ4n) is 6.85. The van der Waals surface area contributed by atoms with Gasteiger partial charge >= 0.3 is 0 Å². The van der Waals surface area contributed by atoms with E-state index < -0.39 is 31.9 Å². The van der Waals surface area contributed by atoms with Crippen LogP contribution in [-0.2, 0) is 36.9 Å². The van der Waals surface area contributed by atoms with Crippen molar-refractivity contribution in [3.05, 3.63) is 163 Å². The summed E-state index contributed by atoms with van der Waals surface area (Å²) in [6.45, 7) is 8.96. The van der Waals surface area contributed by atoms with Gasteiger partial charge in [-0.2, -0.15) is 0 Å². The molecule has 0 bridgehead atoms. The van der Waals surface area contributed by atoms with Gasteiger partial charge in [0.25, 0.3) is 0 Å². The van der Waals surface area contributed by atoms with Crippen molar-refractivity contribution in [1.29, 1.82) is 0 Å². The molecule has 0 aromatic heterocycles. The number of benzene rings is 5. The van der Waals surface area contributed by atoms with Gasteiger partial charge in [-0.3, -0.25) is 0 Å². The normalized spacial score (nSPS) is 19.0. The fraction of sp³-hybridized carbons (Fsp3) is 0.318. The molecule has 1 heterocycles. The Labute approximate surface area is 322 Å². The van der Waals surface area contributed by atoms with Crippen LogP contribution in [0.1, 0.15) is 38.8 Å². The van der Waals surface area contributed by atoms with Gasteiger partial charge in [-0.1, -0.05) is 115 Å². The second-order valence-electron chi connectivity index (χ2n) is 13.4. The Kier molecular flexibility index (Phi) is 14.8. The molecule has 1 fully saturated rings. The lowest BCUT2D eigenvalue weighted by atomic mass is 10.1. The molecule has 4 atom stereocenters. The summed E-state index contributed by atoms with van der Waals surface area (Å²) in [5.74, 6) is 0. The molecule has 5 nitrogen and oxygen atoms in total. The fourth-order valence-corrected chi connectivity index (χ4v) is 11.3. The maximum absolute atomic E-state index is 7.28. The first-order chi connectivity index (χ1) is 24.4. The molecule has 0 unspecified atom stereocenters. The molecule has 0 spiro atoms. The highest BCUT2D eigenvalue weighted by Crippen LogP contribution is 2.57. The quantitative estimate of drug-likeness (QED) is 0.0790. The number of rotatable bonds is 16. The summed E-state index contributed by atoms with van der Waals surface area (Å²) in [5, 5.41) is 3.88. The van der Waals surface area contributed by atoms with Crippen molar-refractivity contribution >= 4 is 23.2 Å². The Balaban J connectivity index is 0.00000504. The summed E-state index contributed by atoms with van der Waals surface area (Å²) in [5.41, 5.74) is 2.18. The molecule has 0 amide bonds. The van der Waals surface area contributed by atoms with Gasteiger partial charge in [0.2, 0.25) is 0 Å². The van der Waals surface area contributed by atoms with Gasteiger partial charge in [0, 0.05) is 0 Å². The first-order valence-corrected chi connectivity index (χ1v) is 19.7. The third-order valence-corrected chi connectivity index (χ3v) is 13.5. The van der Waals surface area contributed by atoms with Crippen molar-refractivity contribution in [2.24, 2.45) is 0 Å². The molecular weight excluding hydrogens is 766 g/mol. The van der Waals surface area contributed by atoms with Crippen molar-refractivity contribution in [1.82, 2.24) is 0 Å². The minimum absolute atomic E-state index is 0. The lowest BCUT2D eigenvalue weighted by Crippen LogP contribution is -3.00. The second kappa shape index (κ2) is 19.2. The van der Waals surface area contributed by atoms with E-state index in [1.165, 1.54) is 15.9 Å². The number of ether oxygens (including phenoxy) is 5. The van der Waals surface area contributed by atoms with Crippen LogP contribution >= 0.6 is 7.26 Å². The van der Waals surface area contributed by atoms with Crippen molar-refractivity contribution in [3.63, 3.8) is 0 Å². The van der Waals surface area contributed by atoms with Crippen LogP contribution in [0.25, 0.3) is 0 Å². The largest absolute Gasteiger partial charge is 1.00 e. The first kappa shape index (κ1) is 39.3. The van der Waals surface area contributed by atoms with Crippen LogP contribution in [0.3, 0.4) is 0 Å². The summed E-state index contributed by atoms with van der Waals surface area (Å²) in [6.07, 6.45) is -1.84. The smallest absolute Gasteiger partial charge is 0.186 e. The minimum atomic E-state index is -2.29. The Morgan fingerprint density at radius 2 is 0.863 bits per heavy atom. The Bertz CT molecular complexity index is 1590. The topological polar surface area (TPSA) is 46.2 Å². The van der Waals surface area contributed by atoms with Crippen LogP contribution < -0.4 is 39.9 Å². The van der Waals surface area contributed by atoms with E-state index in [1.54, 1.807) is 0 Å². The van der Waals surface area contributed by atoms with E-state index in [2.05, 4.69) is 115 Å². The minimum Gasteiger partial charge on any atom is -1.00 e. The molecule has 268 valence electrons. The third-order valence-electron chi connectivity index (χ3n) is 9.04. The Morgan fingerprint density at radius 1 is 0.510 bits per heavy atom. The molecule has 0 saturated carbocycles. The van der Waals surface area contributed by atoms with Gasteiger partial charge in [0.1, 0.15) is 53.8 Å². The first-order valence-electron chi connectivity index (χ1n) is 17.8. The van der Waals surface area contributed by atoms with Crippen molar-refractivity contribution in [3.8, 4) is 0 Å². The van der Waals surface area contributed by atoms with Crippen LogP contribution in [0.2, 0.25) is 0 Å². The van der Waals surface area contributed by atoms with Crippen LogP contribution in [0.4, 0.5) is 0 Å². The van der Waals surface area contributed by atoms with E-state index in [9.17, 15) is 0 Å². The van der Waals surface area contributed by atoms with Crippen molar-refractivity contribution in [2.45, 2.75) is 83.8 Å². The van der Waals surface area contributed by atoms with E-state index >= 15 is 0 Å². The van der Waals surface area contributed by atoms with E-state index in [4.69, 9.17) is 23.7 Å². The number of hydrogen-bond acceptors (Lipinski definition) is 5. The lowest BCUT2D eigenvalue weighted by molar-refractivity contribution is -0.246. The molecule has 5 aromatic carbocycles. The molecule has 7 heteroatoms. The molecule has 1 aliphatic heterocycles. The summed E-state index contributed by atoms with van der Waals surface area (Å²) in [4.78, 5) is 0. The van der Waals surface area contributed by atoms with Gasteiger partial charge in [0.05, 0.1) is 25.4 Å². The average molecular weight is 817 g/mol. The molecule has 5 aromatic rings. The summed E-state index contributed by atoms with van der Waals surface area (Å²) >= 11 is 0. The molecule has 0 aliphatic carbocycles. The van der Waals surface area contributed by atoms with E-state index in [-0.39, 0.29) is 42.3 Å². The van der Waals surface area contributed by atoms with E-state index in [0.717, 1.165) is 11.1 Å². The van der Waals surface area contributed by atoms with Crippen LogP contribution in [0.5, 0.6) is 0 Å². The molecule has 1 aliphatic rings. The van der Waals surface area contributed by atoms with E-state index in [1.807, 2.05) is 64.1 Å². The van der Waals surface area contributed by atoms with E-state index in [0.29, 0.717) is 19.4 Å². The van der Waals surface area contributed by atoms with Gasteiger partial charge in [-0.15, -0.1) is 0 Å². The molecule has 0 N–H and O–H groups in total. The maximum Gasteiger partial charge on any atom is 0.186 e. The zero-order valence-corrected chi connectivity index (χ0v) is 33.0. The number of halogens is 1. The summed E-state index contributed by atoms with van der Waals surface area (Å²) < 4.78 is 34.2. The van der Waals surface area contributed by atoms with Crippen LogP contribution in [0, 0.1) is 0 Å². The van der Waals surface area contributed by atoms with Gasteiger partial charge in [0.15, 0.2) is 6.29 Å². The molecule has 6 rings (SSSR count). The monoisotopic (exact) mass is 816 g/mol. The SMILES string of the molecule is CC(C)OC(OC(C)C)[C@H]1O[C@H](C[P+](c2ccccc2)(c2ccccc2)c2ccccc2)[C@@H](OCc2ccccc2)[C@@H]1OCc1ccccc1.[I-]. The summed E-state index contributed by atoms with van der Waals surface area (Å²) in [7, 11) is -2.29. The zero-order valence-electron chi connectivity index (χ0n) is 30.0. The number of hydrogen-bond donors (Lipinski definition) is 0. The highest BCUT2D eigenvalue weighted by Gasteiger charge is 2.57. The van der Waals surface area contributed by atoms with Crippen molar-refractivity contribution in [2.75, 3.05) is 6.16 Å². The molecular formula is C44H50IO5P. The zero-order chi connectivity index (χ0) is 34.8. The molecule has 51 heavy (non-hydrogen) atoms. The van der Waals surface area contributed by atoms with Crippen molar-refractivity contribution < 1.29 is 47.7 Å². The Morgan fingerprint density at radius 3 is 1.24 bits per heavy atom. The average Bonchev–Trinajstić information content (AvgIpc) is 3.49. The maximum atomic E-state index is 7.28. The molecule has 0 radical (unpaired) electrons. The van der Waals surface area contributed by atoms with Crippen LogP contribution in [0.15, 0.2) is 152 Å². The lowest BCUT2D eigenvalue weighted by Gasteiger charge is -2.32. The van der Waals surface area contributed by atoms with Gasteiger partial charge < -0.3 is 47.7 Å². The highest BCUT2D eigenvalue weighted by atomic mass is 127. The standard InChI is InChI=1S/C44H50O5P.HI/c1-33(2)47-44(48-34(3)4)43-42(46-31-36-22-12-6-13-23-36)41(45-30-35-20-10-5-11-21-35)40(49-43)32-50(37-24-14-7-15-25-37,38-26-16-8-17-27-38)39-28-18-9-19-29-39;/h5-29,33-34,40-44H,30-32H2,1-4H3;1H/q+1;/p-1/t40-,41-,42+,43+;/m1./s1. The van der Waals surface area contributed by atoms with Gasteiger partial charge in [-0.25, -0.2) is 0 Å². The highest BCUT2D eigenvalue weighted by molar-refractivity contribution is 7.95. The molecule has 1 saturated heterocycles. The predicted molar refractivity (Wildman–Crippen MR) is 205 cm³/mol. The third kappa shape index (κ3) is 9.94. The van der Waals surface area contributed by atoms with Gasteiger partial charge in [-0.05, 0) is 75.2 Å². The predicted octanol–water partition coefficient (Wildman–Crippen LogP) is 5.10.